The monoisotopic (exact) mass is 244 g/mol. The molecule has 1 saturated heterocycles. The average molecular weight is 244 g/mol. The molecule has 0 spiro atoms. The van der Waals surface area contributed by atoms with Crippen molar-refractivity contribution in [1.29, 1.82) is 0 Å². The molecule has 0 aromatic heterocycles. The van der Waals surface area contributed by atoms with Crippen molar-refractivity contribution in [2.75, 3.05) is 59.7 Å². The lowest BCUT2D eigenvalue weighted by Crippen LogP contribution is -2.27. The lowest BCUT2D eigenvalue weighted by atomic mass is 10.1. The molecular formula is C13H28N2O2. The summed E-state index contributed by atoms with van der Waals surface area (Å²) in [5.41, 5.74) is 0. The molecule has 1 aliphatic heterocycles. The van der Waals surface area contributed by atoms with Crippen molar-refractivity contribution >= 4 is 0 Å². The van der Waals surface area contributed by atoms with Gasteiger partial charge in [0.25, 0.3) is 0 Å². The molecule has 1 unspecified atom stereocenters. The molecule has 1 heterocycles. The quantitative estimate of drug-likeness (QED) is 0.581. The standard InChI is InChI=1S/C13H28N2O2/c1-3-15-7-5-13(12-15)11-14-6-4-8-17-10-9-16-2/h13-14H,3-12H2,1-2H3. The first-order chi connectivity index (χ1) is 8.36. The second kappa shape index (κ2) is 9.83. The molecule has 0 aromatic carbocycles. The molecule has 0 bridgehead atoms. The average Bonchev–Trinajstić information content (AvgIpc) is 2.80. The van der Waals surface area contributed by atoms with Crippen molar-refractivity contribution < 1.29 is 9.47 Å². The van der Waals surface area contributed by atoms with E-state index in [1.807, 2.05) is 0 Å². The van der Waals surface area contributed by atoms with E-state index >= 15 is 0 Å². The zero-order valence-corrected chi connectivity index (χ0v) is 11.4. The van der Waals surface area contributed by atoms with Crippen LogP contribution in [-0.4, -0.2) is 64.6 Å². The SMILES string of the molecule is CCN1CCC(CNCCCOCCOC)C1. The lowest BCUT2D eigenvalue weighted by Gasteiger charge is -2.13. The molecular weight excluding hydrogens is 216 g/mol. The van der Waals surface area contributed by atoms with Crippen molar-refractivity contribution in [3.63, 3.8) is 0 Å². The molecule has 0 radical (unpaired) electrons. The van der Waals surface area contributed by atoms with Crippen molar-refractivity contribution in [2.45, 2.75) is 19.8 Å². The molecule has 4 heteroatoms. The summed E-state index contributed by atoms with van der Waals surface area (Å²) in [7, 11) is 1.70. The number of hydrogen-bond donors (Lipinski definition) is 1. The first-order valence-corrected chi connectivity index (χ1v) is 6.86. The van der Waals surface area contributed by atoms with Gasteiger partial charge in [0, 0.05) is 20.3 Å². The second-order valence-corrected chi connectivity index (χ2v) is 4.71. The summed E-state index contributed by atoms with van der Waals surface area (Å²) in [6.45, 7) is 10.5. The summed E-state index contributed by atoms with van der Waals surface area (Å²) in [5.74, 6) is 0.851. The van der Waals surface area contributed by atoms with Crippen LogP contribution in [0, 0.1) is 5.92 Å². The third kappa shape index (κ3) is 6.99. The molecule has 0 aromatic rings. The van der Waals surface area contributed by atoms with Crippen molar-refractivity contribution in [3.8, 4) is 0 Å². The van der Waals surface area contributed by atoms with E-state index in [1.165, 1.54) is 26.1 Å². The Morgan fingerprint density at radius 3 is 2.88 bits per heavy atom. The molecule has 0 aliphatic carbocycles. The van der Waals surface area contributed by atoms with Crippen molar-refractivity contribution in [2.24, 2.45) is 5.92 Å². The van der Waals surface area contributed by atoms with Gasteiger partial charge < -0.3 is 19.7 Å². The Hall–Kier alpha value is -0.160. The van der Waals surface area contributed by atoms with Crippen LogP contribution in [0.15, 0.2) is 0 Å². The van der Waals surface area contributed by atoms with Gasteiger partial charge in [-0.1, -0.05) is 6.92 Å². The highest BCUT2D eigenvalue weighted by molar-refractivity contribution is 4.76. The number of ether oxygens (including phenoxy) is 2. The fourth-order valence-electron chi connectivity index (χ4n) is 2.22. The topological polar surface area (TPSA) is 33.7 Å². The summed E-state index contributed by atoms with van der Waals surface area (Å²) in [6.07, 6.45) is 2.44. The lowest BCUT2D eigenvalue weighted by molar-refractivity contribution is 0.0694. The van der Waals surface area contributed by atoms with Gasteiger partial charge in [-0.3, -0.25) is 0 Å². The summed E-state index contributed by atoms with van der Waals surface area (Å²) < 4.78 is 10.3. The van der Waals surface area contributed by atoms with E-state index < -0.39 is 0 Å². The molecule has 102 valence electrons. The predicted molar refractivity (Wildman–Crippen MR) is 70.4 cm³/mol. The molecule has 4 nitrogen and oxygen atoms in total. The van der Waals surface area contributed by atoms with Gasteiger partial charge in [0.2, 0.25) is 0 Å². The van der Waals surface area contributed by atoms with Crippen LogP contribution in [-0.2, 0) is 9.47 Å². The Balaban J connectivity index is 1.81. The Labute approximate surface area is 106 Å². The van der Waals surface area contributed by atoms with Crippen LogP contribution in [0.5, 0.6) is 0 Å². The molecule has 0 amide bonds. The smallest absolute Gasteiger partial charge is 0.0700 e. The molecule has 17 heavy (non-hydrogen) atoms. The minimum atomic E-state index is 0.697. The summed E-state index contributed by atoms with van der Waals surface area (Å²) >= 11 is 0. The van der Waals surface area contributed by atoms with Gasteiger partial charge in [0.05, 0.1) is 13.2 Å². The predicted octanol–water partition coefficient (Wildman–Crippen LogP) is 0.971. The van der Waals surface area contributed by atoms with Gasteiger partial charge in [0.1, 0.15) is 0 Å². The number of rotatable bonds is 10. The number of nitrogens with one attached hydrogen (secondary N) is 1. The largest absolute Gasteiger partial charge is 0.382 e. The van der Waals surface area contributed by atoms with E-state index in [1.54, 1.807) is 7.11 Å². The van der Waals surface area contributed by atoms with Crippen LogP contribution in [0.25, 0.3) is 0 Å². The van der Waals surface area contributed by atoms with Crippen LogP contribution in [0.2, 0.25) is 0 Å². The minimum absolute atomic E-state index is 0.697. The highest BCUT2D eigenvalue weighted by Crippen LogP contribution is 2.14. The normalized spacial score (nSPS) is 21.2. The molecule has 1 aliphatic rings. The Bertz CT molecular complexity index is 179. The van der Waals surface area contributed by atoms with E-state index in [4.69, 9.17) is 9.47 Å². The Morgan fingerprint density at radius 2 is 2.18 bits per heavy atom. The highest BCUT2D eigenvalue weighted by Gasteiger charge is 2.20. The maximum Gasteiger partial charge on any atom is 0.0700 e. The van der Waals surface area contributed by atoms with E-state index in [9.17, 15) is 0 Å². The summed E-state index contributed by atoms with van der Waals surface area (Å²) in [4.78, 5) is 2.53. The van der Waals surface area contributed by atoms with E-state index in [2.05, 4.69) is 17.1 Å². The van der Waals surface area contributed by atoms with Crippen LogP contribution in [0.4, 0.5) is 0 Å². The fourth-order valence-corrected chi connectivity index (χ4v) is 2.22. The zero-order chi connectivity index (χ0) is 12.3. The zero-order valence-electron chi connectivity index (χ0n) is 11.4. The summed E-state index contributed by atoms with van der Waals surface area (Å²) in [6, 6.07) is 0. The van der Waals surface area contributed by atoms with Crippen LogP contribution in [0.3, 0.4) is 0 Å². The Morgan fingerprint density at radius 1 is 1.29 bits per heavy atom. The third-order valence-corrected chi connectivity index (χ3v) is 3.32. The van der Waals surface area contributed by atoms with Crippen LogP contribution in [0.1, 0.15) is 19.8 Å². The summed E-state index contributed by atoms with van der Waals surface area (Å²) in [5, 5.41) is 3.52. The number of likely N-dealkylation sites (tertiary alicyclic amines) is 1. The van der Waals surface area contributed by atoms with Crippen LogP contribution >= 0.6 is 0 Å². The van der Waals surface area contributed by atoms with E-state index in [0.717, 1.165) is 32.0 Å². The van der Waals surface area contributed by atoms with Crippen molar-refractivity contribution in [1.82, 2.24) is 10.2 Å². The van der Waals surface area contributed by atoms with Gasteiger partial charge in [-0.25, -0.2) is 0 Å². The van der Waals surface area contributed by atoms with Gasteiger partial charge in [0.15, 0.2) is 0 Å². The molecule has 1 N–H and O–H groups in total. The van der Waals surface area contributed by atoms with Crippen molar-refractivity contribution in [3.05, 3.63) is 0 Å². The number of methoxy groups -OCH3 is 1. The van der Waals surface area contributed by atoms with E-state index in [-0.39, 0.29) is 0 Å². The second-order valence-electron chi connectivity index (χ2n) is 4.71. The minimum Gasteiger partial charge on any atom is -0.382 e. The first-order valence-electron chi connectivity index (χ1n) is 6.86. The highest BCUT2D eigenvalue weighted by atomic mass is 16.5. The molecule has 1 atom stereocenters. The third-order valence-electron chi connectivity index (χ3n) is 3.32. The Kier molecular flexibility index (Phi) is 8.61. The molecule has 0 saturated carbocycles. The number of nitrogens with zero attached hydrogens (tertiary/aromatic N) is 1. The first kappa shape index (κ1) is 14.9. The maximum atomic E-state index is 5.41. The molecule has 1 rings (SSSR count). The van der Waals surface area contributed by atoms with E-state index in [0.29, 0.717) is 13.2 Å². The fraction of sp³-hybridized carbons (Fsp3) is 1.00. The molecule has 1 fully saturated rings. The van der Waals surface area contributed by atoms with Gasteiger partial charge >= 0.3 is 0 Å². The number of hydrogen-bond acceptors (Lipinski definition) is 4. The van der Waals surface area contributed by atoms with Gasteiger partial charge in [-0.05, 0) is 44.9 Å². The van der Waals surface area contributed by atoms with Crippen LogP contribution < -0.4 is 5.32 Å². The maximum absolute atomic E-state index is 5.41. The van der Waals surface area contributed by atoms with Gasteiger partial charge in [-0.15, -0.1) is 0 Å². The van der Waals surface area contributed by atoms with Gasteiger partial charge in [-0.2, -0.15) is 0 Å².